The molecule has 2 rings (SSSR count). The van der Waals surface area contributed by atoms with Gasteiger partial charge in [0.25, 0.3) is 0 Å². The van der Waals surface area contributed by atoms with Crippen molar-refractivity contribution in [2.45, 2.75) is 6.54 Å². The highest BCUT2D eigenvalue weighted by Crippen LogP contribution is 2.14. The number of hydrogen-bond acceptors (Lipinski definition) is 3. The van der Waals surface area contributed by atoms with Gasteiger partial charge in [-0.25, -0.2) is 0 Å². The third kappa shape index (κ3) is 3.29. The van der Waals surface area contributed by atoms with Crippen molar-refractivity contribution in [3.63, 3.8) is 0 Å². The molecule has 0 unspecified atom stereocenters. The Morgan fingerprint density at radius 3 is 2.83 bits per heavy atom. The molecule has 1 aromatic heterocycles. The van der Waals surface area contributed by atoms with Gasteiger partial charge in [0.05, 0.1) is 0 Å². The van der Waals surface area contributed by atoms with E-state index in [-0.39, 0.29) is 5.91 Å². The van der Waals surface area contributed by atoms with Crippen LogP contribution in [-0.4, -0.2) is 5.91 Å². The zero-order valence-electron chi connectivity index (χ0n) is 9.80. The van der Waals surface area contributed by atoms with Crippen molar-refractivity contribution in [3.8, 4) is 0 Å². The van der Waals surface area contributed by atoms with Crippen molar-refractivity contribution in [2.75, 3.05) is 5.32 Å². The third-order valence-corrected chi connectivity index (χ3v) is 3.27. The number of amides is 1. The van der Waals surface area contributed by atoms with Gasteiger partial charge < -0.3 is 11.1 Å². The first-order chi connectivity index (χ1) is 8.79. The molecule has 1 aromatic carbocycles. The predicted molar refractivity (Wildman–Crippen MR) is 76.3 cm³/mol. The molecule has 4 heteroatoms. The maximum atomic E-state index is 11.7. The van der Waals surface area contributed by atoms with Crippen LogP contribution in [0.2, 0.25) is 0 Å². The molecule has 0 aliphatic rings. The normalized spacial score (nSPS) is 10.7. The lowest BCUT2D eigenvalue weighted by Crippen LogP contribution is -2.11. The molecular weight excluding hydrogens is 244 g/mol. The van der Waals surface area contributed by atoms with E-state index in [0.717, 1.165) is 16.1 Å². The van der Waals surface area contributed by atoms with E-state index < -0.39 is 0 Å². The van der Waals surface area contributed by atoms with Crippen molar-refractivity contribution in [3.05, 3.63) is 58.3 Å². The van der Waals surface area contributed by atoms with Crippen LogP contribution in [0.25, 0.3) is 6.08 Å². The lowest BCUT2D eigenvalue weighted by Gasteiger charge is -2.07. The second-order valence-electron chi connectivity index (χ2n) is 3.70. The Kier molecular flexibility index (Phi) is 4.28. The molecule has 3 nitrogen and oxygen atoms in total. The highest BCUT2D eigenvalue weighted by molar-refractivity contribution is 7.10. The summed E-state index contributed by atoms with van der Waals surface area (Å²) in [4.78, 5) is 12.8. The fraction of sp³-hybridized carbons (Fsp3) is 0.0714. The van der Waals surface area contributed by atoms with Crippen LogP contribution in [0.3, 0.4) is 0 Å². The molecule has 18 heavy (non-hydrogen) atoms. The number of carbonyl (C=O) groups is 1. The minimum atomic E-state index is -0.149. The van der Waals surface area contributed by atoms with E-state index in [2.05, 4.69) is 5.32 Å². The number of nitrogens with one attached hydrogen (secondary N) is 1. The van der Waals surface area contributed by atoms with Gasteiger partial charge in [-0.05, 0) is 29.2 Å². The number of anilines is 1. The van der Waals surface area contributed by atoms with Crippen LogP contribution >= 0.6 is 11.3 Å². The van der Waals surface area contributed by atoms with Gasteiger partial charge in [0.1, 0.15) is 0 Å². The molecule has 1 heterocycles. The second kappa shape index (κ2) is 6.14. The molecule has 0 radical (unpaired) electrons. The Bertz CT molecular complexity index is 547. The number of para-hydroxylation sites is 1. The number of nitrogens with two attached hydrogens (primary N) is 1. The molecule has 1 amide bonds. The number of carbonyl (C=O) groups excluding carboxylic acids is 1. The summed E-state index contributed by atoms with van der Waals surface area (Å²) < 4.78 is 0. The van der Waals surface area contributed by atoms with Crippen molar-refractivity contribution in [1.82, 2.24) is 0 Å². The van der Waals surface area contributed by atoms with Gasteiger partial charge in [-0.1, -0.05) is 24.3 Å². The van der Waals surface area contributed by atoms with Gasteiger partial charge in [0.15, 0.2) is 0 Å². The average molecular weight is 258 g/mol. The van der Waals surface area contributed by atoms with E-state index in [0.29, 0.717) is 6.54 Å². The quantitative estimate of drug-likeness (QED) is 0.828. The number of rotatable bonds is 4. The summed E-state index contributed by atoms with van der Waals surface area (Å²) in [6, 6.07) is 11.4. The Labute approximate surface area is 110 Å². The summed E-state index contributed by atoms with van der Waals surface area (Å²) in [5, 5.41) is 4.80. The number of hydrogen-bond donors (Lipinski definition) is 2. The first-order valence-corrected chi connectivity index (χ1v) is 6.48. The molecule has 0 saturated heterocycles. The minimum Gasteiger partial charge on any atom is -0.326 e. The zero-order chi connectivity index (χ0) is 12.8. The molecule has 3 N–H and O–H groups in total. The van der Waals surface area contributed by atoms with E-state index in [9.17, 15) is 4.79 Å². The lowest BCUT2D eigenvalue weighted by atomic mass is 10.2. The predicted octanol–water partition coefficient (Wildman–Crippen LogP) is 2.86. The Morgan fingerprint density at radius 2 is 2.11 bits per heavy atom. The first kappa shape index (κ1) is 12.5. The van der Waals surface area contributed by atoms with Crippen LogP contribution in [0.4, 0.5) is 5.69 Å². The summed E-state index contributed by atoms with van der Waals surface area (Å²) >= 11 is 1.59. The smallest absolute Gasteiger partial charge is 0.248 e. The maximum Gasteiger partial charge on any atom is 0.248 e. The summed E-state index contributed by atoms with van der Waals surface area (Å²) in [6.07, 6.45) is 3.32. The molecule has 0 atom stereocenters. The van der Waals surface area contributed by atoms with Gasteiger partial charge in [-0.3, -0.25) is 4.79 Å². The molecule has 0 saturated carbocycles. The van der Waals surface area contributed by atoms with Crippen molar-refractivity contribution in [1.29, 1.82) is 0 Å². The standard InChI is InChI=1S/C14H14N2OS/c15-10-11-4-1-2-6-13(11)16-14(17)8-7-12-5-3-9-18-12/h1-9H,10,15H2,(H,16,17). The van der Waals surface area contributed by atoms with Crippen LogP contribution in [0, 0.1) is 0 Å². The number of thiophene rings is 1. The van der Waals surface area contributed by atoms with Gasteiger partial charge in [-0.2, -0.15) is 0 Å². The third-order valence-electron chi connectivity index (χ3n) is 2.44. The monoisotopic (exact) mass is 258 g/mol. The average Bonchev–Trinajstić information content (AvgIpc) is 2.90. The van der Waals surface area contributed by atoms with Crippen molar-refractivity contribution >= 4 is 29.0 Å². The minimum absolute atomic E-state index is 0.149. The molecule has 0 spiro atoms. The molecule has 2 aromatic rings. The van der Waals surface area contributed by atoms with E-state index in [1.165, 1.54) is 6.08 Å². The van der Waals surface area contributed by atoms with Crippen LogP contribution in [0.5, 0.6) is 0 Å². The fourth-order valence-corrected chi connectivity index (χ4v) is 2.16. The van der Waals surface area contributed by atoms with Gasteiger partial charge in [0, 0.05) is 23.2 Å². The van der Waals surface area contributed by atoms with E-state index in [1.807, 2.05) is 41.8 Å². The van der Waals surface area contributed by atoms with Crippen LogP contribution < -0.4 is 11.1 Å². The summed E-state index contributed by atoms with van der Waals surface area (Å²) in [5.41, 5.74) is 7.30. The second-order valence-corrected chi connectivity index (χ2v) is 4.68. The maximum absolute atomic E-state index is 11.7. The Hall–Kier alpha value is -1.91. The fourth-order valence-electron chi connectivity index (χ4n) is 1.54. The van der Waals surface area contributed by atoms with E-state index >= 15 is 0 Å². The summed E-state index contributed by atoms with van der Waals surface area (Å²) in [5.74, 6) is -0.149. The van der Waals surface area contributed by atoms with E-state index in [1.54, 1.807) is 17.4 Å². The Morgan fingerprint density at radius 1 is 1.28 bits per heavy atom. The van der Waals surface area contributed by atoms with Crippen LogP contribution in [0.1, 0.15) is 10.4 Å². The SMILES string of the molecule is NCc1ccccc1NC(=O)C=Cc1cccs1. The lowest BCUT2D eigenvalue weighted by molar-refractivity contribution is -0.111. The molecule has 92 valence electrons. The van der Waals surface area contributed by atoms with Gasteiger partial charge >= 0.3 is 0 Å². The zero-order valence-corrected chi connectivity index (χ0v) is 10.6. The highest BCUT2D eigenvalue weighted by Gasteiger charge is 2.02. The topological polar surface area (TPSA) is 55.1 Å². The molecule has 0 aliphatic heterocycles. The van der Waals surface area contributed by atoms with Crippen molar-refractivity contribution in [2.24, 2.45) is 5.73 Å². The molecule has 0 aliphatic carbocycles. The van der Waals surface area contributed by atoms with Crippen molar-refractivity contribution < 1.29 is 4.79 Å². The van der Waals surface area contributed by atoms with Gasteiger partial charge in [0.2, 0.25) is 5.91 Å². The largest absolute Gasteiger partial charge is 0.326 e. The highest BCUT2D eigenvalue weighted by atomic mass is 32.1. The molecule has 0 bridgehead atoms. The number of benzene rings is 1. The van der Waals surface area contributed by atoms with Crippen LogP contribution in [0.15, 0.2) is 47.9 Å². The van der Waals surface area contributed by atoms with E-state index in [4.69, 9.17) is 5.73 Å². The summed E-state index contributed by atoms with van der Waals surface area (Å²) in [7, 11) is 0. The molecular formula is C14H14N2OS. The summed E-state index contributed by atoms with van der Waals surface area (Å²) in [6.45, 7) is 0.408. The molecule has 0 fully saturated rings. The van der Waals surface area contributed by atoms with Crippen LogP contribution in [-0.2, 0) is 11.3 Å². The Balaban J connectivity index is 2.03. The first-order valence-electron chi connectivity index (χ1n) is 5.60. The van der Waals surface area contributed by atoms with Gasteiger partial charge in [-0.15, -0.1) is 11.3 Å².